The summed E-state index contributed by atoms with van der Waals surface area (Å²) < 4.78 is 17.1. The fourth-order valence-electron chi connectivity index (χ4n) is 3.12. The number of ether oxygens (including phenoxy) is 3. The van der Waals surface area contributed by atoms with Crippen molar-refractivity contribution in [2.45, 2.75) is 72.1 Å². The third-order valence-corrected chi connectivity index (χ3v) is 4.63. The molecule has 5 nitrogen and oxygen atoms in total. The van der Waals surface area contributed by atoms with Crippen LogP contribution in [-0.4, -0.2) is 18.5 Å². The molecule has 0 saturated carbocycles. The van der Waals surface area contributed by atoms with Crippen LogP contribution in [0.15, 0.2) is 30.3 Å². The maximum Gasteiger partial charge on any atom is 0.311 e. The van der Waals surface area contributed by atoms with Crippen molar-refractivity contribution in [2.24, 2.45) is 0 Å². The lowest BCUT2D eigenvalue weighted by Crippen LogP contribution is -2.11. The van der Waals surface area contributed by atoms with E-state index >= 15 is 0 Å². The predicted octanol–water partition coefficient (Wildman–Crippen LogP) is 6.21. The fraction of sp³-hybridized carbons (Fsp3) is 0.500. The molecule has 0 atom stereocenters. The van der Waals surface area contributed by atoms with Crippen molar-refractivity contribution in [1.82, 2.24) is 0 Å². The van der Waals surface area contributed by atoms with Crippen molar-refractivity contribution in [3.8, 4) is 17.2 Å². The summed E-state index contributed by atoms with van der Waals surface area (Å²) in [6, 6.07) is 9.08. The Morgan fingerprint density at radius 3 is 1.93 bits per heavy atom. The van der Waals surface area contributed by atoms with Crippen molar-refractivity contribution in [3.05, 3.63) is 30.3 Å². The highest BCUT2D eigenvalue weighted by molar-refractivity contribution is 5.98. The van der Waals surface area contributed by atoms with Gasteiger partial charge in [0, 0.05) is 29.7 Å². The quantitative estimate of drug-likeness (QED) is 0.241. The summed E-state index contributed by atoms with van der Waals surface area (Å²) in [5.74, 6) is 0.668. The summed E-state index contributed by atoms with van der Waals surface area (Å²) >= 11 is 0. The molecule has 0 saturated heterocycles. The molecule has 0 aliphatic rings. The van der Waals surface area contributed by atoms with Crippen LogP contribution < -0.4 is 14.2 Å². The van der Waals surface area contributed by atoms with Crippen LogP contribution in [0.4, 0.5) is 0 Å². The smallest absolute Gasteiger partial charge is 0.311 e. The highest BCUT2D eigenvalue weighted by Crippen LogP contribution is 2.42. The first-order valence-corrected chi connectivity index (χ1v) is 10.7. The number of benzene rings is 2. The van der Waals surface area contributed by atoms with Gasteiger partial charge in [0.05, 0.1) is 6.61 Å². The average Bonchev–Trinajstić information content (AvgIpc) is 2.71. The summed E-state index contributed by atoms with van der Waals surface area (Å²) in [6.45, 7) is 6.45. The Bertz CT molecular complexity index is 812. The van der Waals surface area contributed by atoms with Crippen LogP contribution >= 0.6 is 0 Å². The molecule has 0 heterocycles. The Balaban J connectivity index is 2.33. The second kappa shape index (κ2) is 12.1. The Morgan fingerprint density at radius 1 is 0.759 bits per heavy atom. The van der Waals surface area contributed by atoms with E-state index in [0.717, 1.165) is 43.9 Å². The zero-order chi connectivity index (χ0) is 21.1. The number of esters is 2. The zero-order valence-corrected chi connectivity index (χ0v) is 17.8. The molecule has 0 bridgehead atoms. The number of carbonyl (C=O) groups is 2. The number of carbonyl (C=O) groups excluding carboxylic acids is 2. The third kappa shape index (κ3) is 6.77. The number of unbranched alkanes of at least 4 members (excludes halogenated alkanes) is 4. The molecular formula is C24H32O5. The molecule has 158 valence electrons. The molecule has 0 aliphatic heterocycles. The predicted molar refractivity (Wildman–Crippen MR) is 115 cm³/mol. The van der Waals surface area contributed by atoms with Gasteiger partial charge in [-0.2, -0.15) is 0 Å². The van der Waals surface area contributed by atoms with Crippen LogP contribution in [0.3, 0.4) is 0 Å². The average molecular weight is 401 g/mol. The Kier molecular flexibility index (Phi) is 9.48. The van der Waals surface area contributed by atoms with Gasteiger partial charge >= 0.3 is 11.9 Å². The van der Waals surface area contributed by atoms with Gasteiger partial charge in [-0.15, -0.1) is 0 Å². The van der Waals surface area contributed by atoms with Gasteiger partial charge in [-0.05, 0) is 19.8 Å². The lowest BCUT2D eigenvalue weighted by atomic mass is 10.1. The van der Waals surface area contributed by atoms with E-state index in [1.54, 1.807) is 6.07 Å². The van der Waals surface area contributed by atoms with Gasteiger partial charge in [-0.25, -0.2) is 0 Å². The van der Waals surface area contributed by atoms with Gasteiger partial charge < -0.3 is 14.2 Å². The molecule has 2 rings (SSSR count). The molecule has 0 aliphatic carbocycles. The summed E-state index contributed by atoms with van der Waals surface area (Å²) in [5, 5.41) is 1.41. The second-order valence-electron chi connectivity index (χ2n) is 7.04. The number of hydrogen-bond donors (Lipinski definition) is 0. The summed E-state index contributed by atoms with van der Waals surface area (Å²) in [7, 11) is 0. The standard InChI is InChI=1S/C24H32O5/c1-4-7-9-15-22(25)28-20-17-21(27-6-3)24(19-14-12-11-13-18(19)20)29-23(26)16-10-8-5-2/h11-14,17H,4-10,15-16H2,1-3H3. The molecule has 0 spiro atoms. The first-order chi connectivity index (χ1) is 14.1. The lowest BCUT2D eigenvalue weighted by Gasteiger charge is -2.16. The first kappa shape index (κ1) is 22.7. The Hall–Kier alpha value is -2.56. The molecule has 29 heavy (non-hydrogen) atoms. The van der Waals surface area contributed by atoms with Crippen molar-refractivity contribution in [2.75, 3.05) is 6.61 Å². The summed E-state index contributed by atoms with van der Waals surface area (Å²) in [6.07, 6.45) is 6.40. The van der Waals surface area contributed by atoms with E-state index in [-0.39, 0.29) is 11.9 Å². The molecule has 0 unspecified atom stereocenters. The van der Waals surface area contributed by atoms with Crippen LogP contribution in [-0.2, 0) is 9.59 Å². The molecular weight excluding hydrogens is 368 g/mol. The van der Waals surface area contributed by atoms with Crippen molar-refractivity contribution in [3.63, 3.8) is 0 Å². The van der Waals surface area contributed by atoms with Gasteiger partial charge in [-0.1, -0.05) is 63.8 Å². The number of rotatable bonds is 12. The summed E-state index contributed by atoms with van der Waals surface area (Å²) in [4.78, 5) is 24.6. The highest BCUT2D eigenvalue weighted by atomic mass is 16.6. The van der Waals surface area contributed by atoms with Gasteiger partial charge in [0.1, 0.15) is 5.75 Å². The fourth-order valence-corrected chi connectivity index (χ4v) is 3.12. The second-order valence-corrected chi connectivity index (χ2v) is 7.04. The van der Waals surface area contributed by atoms with Crippen LogP contribution in [0.5, 0.6) is 17.2 Å². The van der Waals surface area contributed by atoms with E-state index in [2.05, 4.69) is 13.8 Å². The zero-order valence-electron chi connectivity index (χ0n) is 17.8. The van der Waals surface area contributed by atoms with Gasteiger partial charge in [0.15, 0.2) is 11.5 Å². The minimum atomic E-state index is -0.283. The monoisotopic (exact) mass is 400 g/mol. The largest absolute Gasteiger partial charge is 0.490 e. The van der Waals surface area contributed by atoms with Crippen LogP contribution in [0.2, 0.25) is 0 Å². The van der Waals surface area contributed by atoms with E-state index in [4.69, 9.17) is 14.2 Å². The molecule has 0 fully saturated rings. The minimum Gasteiger partial charge on any atom is -0.490 e. The van der Waals surface area contributed by atoms with E-state index < -0.39 is 0 Å². The van der Waals surface area contributed by atoms with Crippen LogP contribution in [0.25, 0.3) is 10.8 Å². The van der Waals surface area contributed by atoms with Crippen molar-refractivity contribution >= 4 is 22.7 Å². The van der Waals surface area contributed by atoms with E-state index in [1.165, 1.54) is 0 Å². The molecule has 0 aromatic heterocycles. The molecule has 0 amide bonds. The SMILES string of the molecule is CCCCCC(=O)Oc1cc(OCC)c(OC(=O)CCCCC)c2ccccc12. The van der Waals surface area contributed by atoms with Gasteiger partial charge in [0.2, 0.25) is 0 Å². The molecule has 2 aromatic rings. The third-order valence-electron chi connectivity index (χ3n) is 4.63. The molecule has 0 N–H and O–H groups in total. The van der Waals surface area contributed by atoms with Crippen molar-refractivity contribution in [1.29, 1.82) is 0 Å². The molecule has 0 radical (unpaired) electrons. The summed E-state index contributed by atoms with van der Waals surface area (Å²) in [5.41, 5.74) is 0. The van der Waals surface area contributed by atoms with E-state index in [1.807, 2.05) is 31.2 Å². The maximum absolute atomic E-state index is 12.3. The van der Waals surface area contributed by atoms with Crippen LogP contribution in [0.1, 0.15) is 72.1 Å². The minimum absolute atomic E-state index is 0.268. The topological polar surface area (TPSA) is 61.8 Å². The molecule has 5 heteroatoms. The van der Waals surface area contributed by atoms with Gasteiger partial charge in [-0.3, -0.25) is 9.59 Å². The van der Waals surface area contributed by atoms with Crippen LogP contribution in [0, 0.1) is 0 Å². The van der Waals surface area contributed by atoms with Gasteiger partial charge in [0.25, 0.3) is 0 Å². The number of fused-ring (bicyclic) bond motifs is 1. The lowest BCUT2D eigenvalue weighted by molar-refractivity contribution is -0.135. The maximum atomic E-state index is 12.3. The van der Waals surface area contributed by atoms with E-state index in [9.17, 15) is 9.59 Å². The normalized spacial score (nSPS) is 10.7. The van der Waals surface area contributed by atoms with E-state index in [0.29, 0.717) is 42.1 Å². The number of hydrogen-bond acceptors (Lipinski definition) is 5. The highest BCUT2D eigenvalue weighted by Gasteiger charge is 2.19. The molecule has 2 aromatic carbocycles. The Labute approximate surface area is 173 Å². The Morgan fingerprint density at radius 2 is 1.34 bits per heavy atom. The first-order valence-electron chi connectivity index (χ1n) is 10.7. The van der Waals surface area contributed by atoms with Crippen molar-refractivity contribution < 1.29 is 23.8 Å².